The van der Waals surface area contributed by atoms with Crippen molar-refractivity contribution in [2.45, 2.75) is 24.7 Å². The maximum atomic E-state index is 12.3. The van der Waals surface area contributed by atoms with E-state index in [1.807, 2.05) is 31.2 Å². The highest BCUT2D eigenvalue weighted by molar-refractivity contribution is 7.89. The second kappa shape index (κ2) is 6.42. The summed E-state index contributed by atoms with van der Waals surface area (Å²) in [5, 5.41) is 4.12. The van der Waals surface area contributed by atoms with Gasteiger partial charge in [-0.05, 0) is 49.6 Å². The Morgan fingerprint density at radius 2 is 1.83 bits per heavy atom. The number of nitrogens with zero attached hydrogens (tertiary/aromatic N) is 1. The first-order chi connectivity index (χ1) is 11.1. The molecule has 0 saturated heterocycles. The molecule has 0 aromatic heterocycles. The molecule has 6 heteroatoms. The summed E-state index contributed by atoms with van der Waals surface area (Å²) in [7, 11) is -3.68. The van der Waals surface area contributed by atoms with Gasteiger partial charge < -0.3 is 4.74 Å². The van der Waals surface area contributed by atoms with Crippen LogP contribution < -0.4 is 9.57 Å². The maximum Gasteiger partial charge on any atom is 0.276 e. The second-order valence-electron chi connectivity index (χ2n) is 5.21. The van der Waals surface area contributed by atoms with Crippen LogP contribution in [0.3, 0.4) is 0 Å². The molecule has 0 amide bonds. The number of rotatable bonds is 5. The summed E-state index contributed by atoms with van der Waals surface area (Å²) < 4.78 is 29.9. The Morgan fingerprint density at radius 3 is 2.57 bits per heavy atom. The first kappa shape index (κ1) is 15.6. The highest BCUT2D eigenvalue weighted by Gasteiger charge is 2.19. The number of fused-ring (bicyclic) bond motifs is 1. The number of ether oxygens (including phenoxy) is 1. The summed E-state index contributed by atoms with van der Waals surface area (Å²) in [6.45, 7) is 2.42. The summed E-state index contributed by atoms with van der Waals surface area (Å²) >= 11 is 0. The molecule has 2 aromatic carbocycles. The fraction of sp³-hybridized carbons (Fsp3) is 0.235. The molecule has 0 radical (unpaired) electrons. The zero-order chi connectivity index (χ0) is 16.3. The standard InChI is InChI=1S/C17H18N2O3S/c1-2-22-14-8-10-15(11-9-14)23(20,21)19-18-17-12-7-13-5-3-4-6-16(13)17/h3-6,8-11,19H,2,7,12H2,1H3. The Hall–Kier alpha value is -2.34. The SMILES string of the molecule is CCOc1ccc(S(=O)(=O)NN=C2CCc3ccccc32)cc1. The van der Waals surface area contributed by atoms with Crippen molar-refractivity contribution in [1.29, 1.82) is 0 Å². The van der Waals surface area contributed by atoms with Gasteiger partial charge in [0.2, 0.25) is 0 Å². The maximum absolute atomic E-state index is 12.3. The largest absolute Gasteiger partial charge is 0.494 e. The molecule has 3 rings (SSSR count). The number of sulfonamides is 1. The Labute approximate surface area is 136 Å². The zero-order valence-electron chi connectivity index (χ0n) is 12.8. The van der Waals surface area contributed by atoms with Crippen LogP contribution in [0.1, 0.15) is 24.5 Å². The molecule has 120 valence electrons. The fourth-order valence-corrected chi connectivity index (χ4v) is 3.40. The van der Waals surface area contributed by atoms with E-state index in [1.54, 1.807) is 12.1 Å². The van der Waals surface area contributed by atoms with Gasteiger partial charge in [0.1, 0.15) is 5.75 Å². The van der Waals surface area contributed by atoms with Crippen molar-refractivity contribution in [1.82, 2.24) is 4.83 Å². The van der Waals surface area contributed by atoms with Crippen LogP contribution >= 0.6 is 0 Å². The Morgan fingerprint density at radius 1 is 1.09 bits per heavy atom. The summed E-state index contributed by atoms with van der Waals surface area (Å²) in [6, 6.07) is 14.2. The predicted octanol–water partition coefficient (Wildman–Crippen LogP) is 2.71. The number of nitrogens with one attached hydrogen (secondary N) is 1. The van der Waals surface area contributed by atoms with Crippen LogP contribution in [-0.4, -0.2) is 20.7 Å². The van der Waals surface area contributed by atoms with E-state index in [2.05, 4.69) is 9.93 Å². The molecule has 0 unspecified atom stereocenters. The van der Waals surface area contributed by atoms with Gasteiger partial charge in [-0.2, -0.15) is 18.4 Å². The molecule has 1 N–H and O–H groups in total. The number of hydrogen-bond acceptors (Lipinski definition) is 4. The van der Waals surface area contributed by atoms with Crippen molar-refractivity contribution >= 4 is 15.7 Å². The van der Waals surface area contributed by atoms with Crippen molar-refractivity contribution in [3.8, 4) is 5.75 Å². The van der Waals surface area contributed by atoms with E-state index >= 15 is 0 Å². The molecule has 0 heterocycles. The van der Waals surface area contributed by atoms with Crippen LogP contribution in [-0.2, 0) is 16.4 Å². The molecule has 1 aliphatic rings. The van der Waals surface area contributed by atoms with E-state index in [1.165, 1.54) is 17.7 Å². The van der Waals surface area contributed by atoms with E-state index in [4.69, 9.17) is 4.74 Å². The molecule has 0 saturated carbocycles. The van der Waals surface area contributed by atoms with E-state index in [0.29, 0.717) is 12.4 Å². The van der Waals surface area contributed by atoms with Gasteiger partial charge in [-0.15, -0.1) is 0 Å². The smallest absolute Gasteiger partial charge is 0.276 e. The lowest BCUT2D eigenvalue weighted by Gasteiger charge is -2.07. The van der Waals surface area contributed by atoms with Gasteiger partial charge in [0.15, 0.2) is 0 Å². The third-order valence-corrected chi connectivity index (χ3v) is 4.93. The van der Waals surface area contributed by atoms with Crippen molar-refractivity contribution in [2.24, 2.45) is 5.10 Å². The summed E-state index contributed by atoms with van der Waals surface area (Å²) in [4.78, 5) is 2.49. The number of hydrogen-bond donors (Lipinski definition) is 1. The fourth-order valence-electron chi connectivity index (χ4n) is 2.57. The van der Waals surface area contributed by atoms with Gasteiger partial charge in [-0.3, -0.25) is 0 Å². The van der Waals surface area contributed by atoms with Crippen molar-refractivity contribution < 1.29 is 13.2 Å². The zero-order valence-corrected chi connectivity index (χ0v) is 13.6. The molecule has 0 bridgehead atoms. The van der Waals surface area contributed by atoms with E-state index < -0.39 is 10.0 Å². The second-order valence-corrected chi connectivity index (χ2v) is 6.88. The molecule has 5 nitrogen and oxygen atoms in total. The third kappa shape index (κ3) is 3.37. The number of aryl methyl sites for hydroxylation is 1. The van der Waals surface area contributed by atoms with Crippen LogP contribution in [0, 0.1) is 0 Å². The van der Waals surface area contributed by atoms with Crippen molar-refractivity contribution in [2.75, 3.05) is 6.61 Å². The molecule has 1 aliphatic carbocycles. The molecule has 23 heavy (non-hydrogen) atoms. The minimum absolute atomic E-state index is 0.164. The van der Waals surface area contributed by atoms with Gasteiger partial charge in [0.05, 0.1) is 17.2 Å². The molecule has 0 atom stereocenters. The van der Waals surface area contributed by atoms with Gasteiger partial charge >= 0.3 is 0 Å². The molecule has 2 aromatic rings. The number of benzene rings is 2. The van der Waals surface area contributed by atoms with Gasteiger partial charge in [0.25, 0.3) is 10.0 Å². The van der Waals surface area contributed by atoms with Gasteiger partial charge in [0, 0.05) is 5.56 Å². The van der Waals surface area contributed by atoms with E-state index in [0.717, 1.165) is 24.1 Å². The minimum Gasteiger partial charge on any atom is -0.494 e. The summed E-state index contributed by atoms with van der Waals surface area (Å²) in [5.41, 5.74) is 2.99. The van der Waals surface area contributed by atoms with Gasteiger partial charge in [-0.25, -0.2) is 0 Å². The first-order valence-corrected chi connectivity index (χ1v) is 8.98. The van der Waals surface area contributed by atoms with Crippen LogP contribution in [0.2, 0.25) is 0 Å². The molecular weight excluding hydrogens is 312 g/mol. The lowest BCUT2D eigenvalue weighted by molar-refractivity contribution is 0.340. The average Bonchev–Trinajstić information content (AvgIpc) is 2.97. The van der Waals surface area contributed by atoms with Crippen LogP contribution in [0.5, 0.6) is 5.75 Å². The predicted molar refractivity (Wildman–Crippen MR) is 89.2 cm³/mol. The Balaban J connectivity index is 1.78. The molecule has 0 fully saturated rings. The van der Waals surface area contributed by atoms with E-state index in [9.17, 15) is 8.42 Å². The lowest BCUT2D eigenvalue weighted by atomic mass is 10.1. The molecule has 0 spiro atoms. The molecule has 0 aliphatic heterocycles. The van der Waals surface area contributed by atoms with Gasteiger partial charge in [-0.1, -0.05) is 24.3 Å². The van der Waals surface area contributed by atoms with Crippen LogP contribution in [0.4, 0.5) is 0 Å². The summed E-state index contributed by atoms with van der Waals surface area (Å²) in [5.74, 6) is 0.641. The summed E-state index contributed by atoms with van der Waals surface area (Å²) in [6.07, 6.45) is 1.63. The number of hydrazone groups is 1. The van der Waals surface area contributed by atoms with E-state index in [-0.39, 0.29) is 4.90 Å². The quantitative estimate of drug-likeness (QED) is 0.857. The first-order valence-electron chi connectivity index (χ1n) is 7.49. The average molecular weight is 330 g/mol. The lowest BCUT2D eigenvalue weighted by Crippen LogP contribution is -2.20. The van der Waals surface area contributed by atoms with Crippen LogP contribution in [0.15, 0.2) is 58.5 Å². The minimum atomic E-state index is -3.68. The van der Waals surface area contributed by atoms with Crippen molar-refractivity contribution in [3.63, 3.8) is 0 Å². The topological polar surface area (TPSA) is 67.8 Å². The highest BCUT2D eigenvalue weighted by atomic mass is 32.2. The Kier molecular flexibility index (Phi) is 4.34. The van der Waals surface area contributed by atoms with Crippen LogP contribution in [0.25, 0.3) is 0 Å². The monoisotopic (exact) mass is 330 g/mol. The normalized spacial score (nSPS) is 15.4. The third-order valence-electron chi connectivity index (χ3n) is 3.71. The Bertz CT molecular complexity index is 827. The highest BCUT2D eigenvalue weighted by Crippen LogP contribution is 2.22. The molecular formula is C17H18N2O3S. The van der Waals surface area contributed by atoms with Crippen molar-refractivity contribution in [3.05, 3.63) is 59.7 Å².